The molecule has 0 unspecified atom stereocenters. The van der Waals surface area contributed by atoms with Gasteiger partial charge in [-0.3, -0.25) is 9.59 Å². The highest BCUT2D eigenvalue weighted by Crippen LogP contribution is 2.17. The van der Waals surface area contributed by atoms with E-state index in [1.54, 1.807) is 31.4 Å². The first kappa shape index (κ1) is 22.5. The first-order valence-corrected chi connectivity index (χ1v) is 9.72. The van der Waals surface area contributed by atoms with Crippen molar-refractivity contribution in [3.05, 3.63) is 60.0 Å². The predicted octanol–water partition coefficient (Wildman–Crippen LogP) is 2.24. The summed E-state index contributed by atoms with van der Waals surface area (Å²) < 4.78 is 15.6. The molecule has 0 radical (unpaired) electrons. The van der Waals surface area contributed by atoms with Gasteiger partial charge in [0.15, 0.2) is 6.61 Å². The lowest BCUT2D eigenvalue weighted by molar-refractivity contribution is -0.123. The number of nitrogens with zero attached hydrogens (tertiary/aromatic N) is 3. The maximum absolute atomic E-state index is 12.2. The van der Waals surface area contributed by atoms with E-state index in [1.807, 2.05) is 31.2 Å². The third-order valence-corrected chi connectivity index (χ3v) is 4.28. The van der Waals surface area contributed by atoms with Crippen molar-refractivity contribution in [2.75, 3.05) is 13.7 Å². The molecule has 0 fully saturated rings. The van der Waals surface area contributed by atoms with E-state index in [4.69, 9.17) is 14.0 Å². The van der Waals surface area contributed by atoms with Crippen molar-refractivity contribution in [3.63, 3.8) is 0 Å². The van der Waals surface area contributed by atoms with Crippen LogP contribution < -0.4 is 20.2 Å². The van der Waals surface area contributed by atoms with Gasteiger partial charge in [-0.15, -0.1) is 0 Å². The molecule has 2 N–H and O–H groups in total. The number of methoxy groups -OCH3 is 1. The SMILES string of the molecule is COc1ccc(OCC(=O)N/N=C(\C)C(=O)NCc2nc(-c3ccc(C)cc3)no2)cc1. The number of hydrogen-bond acceptors (Lipinski definition) is 8. The number of carbonyl (C=O) groups is 2. The molecule has 0 spiro atoms. The number of benzene rings is 2. The van der Waals surface area contributed by atoms with Gasteiger partial charge in [-0.1, -0.05) is 35.0 Å². The van der Waals surface area contributed by atoms with Crippen molar-refractivity contribution in [3.8, 4) is 22.9 Å². The Labute approximate surface area is 184 Å². The second-order valence-electron chi connectivity index (χ2n) is 6.76. The molecule has 0 saturated heterocycles. The highest BCUT2D eigenvalue weighted by atomic mass is 16.5. The monoisotopic (exact) mass is 437 g/mol. The maximum Gasteiger partial charge on any atom is 0.277 e. The van der Waals surface area contributed by atoms with Gasteiger partial charge in [0.05, 0.1) is 13.7 Å². The number of hydrogen-bond donors (Lipinski definition) is 2. The van der Waals surface area contributed by atoms with E-state index in [0.717, 1.165) is 11.1 Å². The average Bonchev–Trinajstić information content (AvgIpc) is 3.29. The van der Waals surface area contributed by atoms with Gasteiger partial charge in [-0.2, -0.15) is 10.1 Å². The summed E-state index contributed by atoms with van der Waals surface area (Å²) in [7, 11) is 1.56. The maximum atomic E-state index is 12.2. The van der Waals surface area contributed by atoms with Crippen molar-refractivity contribution >= 4 is 17.5 Å². The topological polar surface area (TPSA) is 128 Å². The van der Waals surface area contributed by atoms with E-state index in [1.165, 1.54) is 6.92 Å². The molecule has 0 aliphatic carbocycles. The number of amides is 2. The first-order valence-electron chi connectivity index (χ1n) is 9.72. The Morgan fingerprint density at radius 2 is 1.75 bits per heavy atom. The van der Waals surface area contributed by atoms with Crippen LogP contribution in [0.3, 0.4) is 0 Å². The van der Waals surface area contributed by atoms with Crippen molar-refractivity contribution in [1.82, 2.24) is 20.9 Å². The van der Waals surface area contributed by atoms with Gasteiger partial charge in [0.25, 0.3) is 11.8 Å². The van der Waals surface area contributed by atoms with Crippen LogP contribution in [0.15, 0.2) is 58.2 Å². The molecule has 166 valence electrons. The molecule has 0 bridgehead atoms. The zero-order valence-electron chi connectivity index (χ0n) is 17.9. The van der Waals surface area contributed by atoms with Crippen molar-refractivity contribution in [1.29, 1.82) is 0 Å². The lowest BCUT2D eigenvalue weighted by Crippen LogP contribution is -2.32. The quantitative estimate of drug-likeness (QED) is 0.388. The Bertz CT molecular complexity index is 1090. The van der Waals surface area contributed by atoms with Gasteiger partial charge in [0.2, 0.25) is 11.7 Å². The van der Waals surface area contributed by atoms with E-state index in [9.17, 15) is 9.59 Å². The van der Waals surface area contributed by atoms with Crippen molar-refractivity contribution < 1.29 is 23.6 Å². The number of carbonyl (C=O) groups excluding carboxylic acids is 2. The van der Waals surface area contributed by atoms with Crippen LogP contribution in [0.5, 0.6) is 11.5 Å². The summed E-state index contributed by atoms with van der Waals surface area (Å²) in [6.45, 7) is 3.22. The number of nitrogens with one attached hydrogen (secondary N) is 2. The van der Waals surface area contributed by atoms with Gasteiger partial charge in [0, 0.05) is 5.56 Å². The summed E-state index contributed by atoms with van der Waals surface area (Å²) in [5, 5.41) is 10.3. The van der Waals surface area contributed by atoms with Crippen LogP contribution in [-0.2, 0) is 16.1 Å². The van der Waals surface area contributed by atoms with Gasteiger partial charge in [0.1, 0.15) is 17.2 Å². The molecule has 3 rings (SSSR count). The standard InChI is InChI=1S/C22H23N5O5/c1-14-4-6-16(7-5-14)21-24-20(32-27-21)12-23-22(29)15(2)25-26-19(28)13-31-18-10-8-17(30-3)9-11-18/h4-11H,12-13H2,1-3H3,(H,23,29)(H,26,28)/b25-15+. The zero-order chi connectivity index (χ0) is 22.9. The molecule has 0 saturated carbocycles. The third-order valence-electron chi connectivity index (χ3n) is 4.28. The average molecular weight is 437 g/mol. The Morgan fingerprint density at radius 1 is 1.06 bits per heavy atom. The minimum absolute atomic E-state index is 0.0269. The molecule has 0 atom stereocenters. The second kappa shape index (κ2) is 10.7. The summed E-state index contributed by atoms with van der Waals surface area (Å²) in [5.41, 5.74) is 4.27. The largest absolute Gasteiger partial charge is 0.497 e. The third kappa shape index (κ3) is 6.39. The Balaban J connectivity index is 1.43. The van der Waals surface area contributed by atoms with Crippen molar-refractivity contribution in [2.45, 2.75) is 20.4 Å². The molecular formula is C22H23N5O5. The summed E-state index contributed by atoms with van der Waals surface area (Å²) in [6, 6.07) is 14.5. The Morgan fingerprint density at radius 3 is 2.44 bits per heavy atom. The molecule has 0 aliphatic rings. The summed E-state index contributed by atoms with van der Waals surface area (Å²) >= 11 is 0. The minimum Gasteiger partial charge on any atom is -0.497 e. The normalized spacial score (nSPS) is 11.0. The lowest BCUT2D eigenvalue weighted by atomic mass is 10.1. The molecule has 2 aromatic carbocycles. The molecule has 0 aliphatic heterocycles. The highest BCUT2D eigenvalue weighted by Gasteiger charge is 2.12. The number of aryl methyl sites for hydroxylation is 1. The van der Waals surface area contributed by atoms with Gasteiger partial charge in [-0.25, -0.2) is 5.43 Å². The van der Waals surface area contributed by atoms with Crippen LogP contribution in [-0.4, -0.2) is 41.4 Å². The van der Waals surface area contributed by atoms with Gasteiger partial charge in [-0.05, 0) is 38.1 Å². The van der Waals surface area contributed by atoms with E-state index in [-0.39, 0.29) is 24.8 Å². The molecule has 10 nitrogen and oxygen atoms in total. The van der Waals surface area contributed by atoms with Crippen LogP contribution in [0.4, 0.5) is 0 Å². The molecule has 2 amide bonds. The van der Waals surface area contributed by atoms with E-state index in [0.29, 0.717) is 17.3 Å². The molecule has 1 heterocycles. The fourth-order valence-corrected chi connectivity index (χ4v) is 2.48. The Hall–Kier alpha value is -4.21. The number of aromatic nitrogens is 2. The van der Waals surface area contributed by atoms with Crippen LogP contribution in [0.1, 0.15) is 18.4 Å². The molecule has 1 aromatic heterocycles. The van der Waals surface area contributed by atoms with Crippen LogP contribution in [0.2, 0.25) is 0 Å². The smallest absolute Gasteiger partial charge is 0.277 e. The lowest BCUT2D eigenvalue weighted by Gasteiger charge is -2.06. The van der Waals surface area contributed by atoms with Crippen LogP contribution >= 0.6 is 0 Å². The number of rotatable bonds is 9. The predicted molar refractivity (Wildman–Crippen MR) is 116 cm³/mol. The van der Waals surface area contributed by atoms with Gasteiger partial charge >= 0.3 is 0 Å². The van der Waals surface area contributed by atoms with E-state index in [2.05, 4.69) is 26.0 Å². The summed E-state index contributed by atoms with van der Waals surface area (Å²) in [4.78, 5) is 28.3. The van der Waals surface area contributed by atoms with Crippen molar-refractivity contribution in [2.24, 2.45) is 5.10 Å². The minimum atomic E-state index is -0.507. The highest BCUT2D eigenvalue weighted by molar-refractivity contribution is 6.37. The fraction of sp³-hybridized carbons (Fsp3) is 0.227. The molecule has 10 heteroatoms. The van der Waals surface area contributed by atoms with E-state index < -0.39 is 11.8 Å². The van der Waals surface area contributed by atoms with E-state index >= 15 is 0 Å². The van der Waals surface area contributed by atoms with Crippen LogP contribution in [0, 0.1) is 6.92 Å². The first-order chi connectivity index (χ1) is 15.4. The molecule has 3 aromatic rings. The summed E-state index contributed by atoms with van der Waals surface area (Å²) in [5.74, 6) is 0.871. The second-order valence-corrected chi connectivity index (χ2v) is 6.76. The van der Waals surface area contributed by atoms with Gasteiger partial charge < -0.3 is 19.3 Å². The zero-order valence-corrected chi connectivity index (χ0v) is 17.9. The fourth-order valence-electron chi connectivity index (χ4n) is 2.48. The number of hydrazone groups is 1. The summed E-state index contributed by atoms with van der Waals surface area (Å²) in [6.07, 6.45) is 0. The van der Waals surface area contributed by atoms with Crippen LogP contribution in [0.25, 0.3) is 11.4 Å². The molecule has 32 heavy (non-hydrogen) atoms. The molecular weight excluding hydrogens is 414 g/mol. The Kier molecular flexibility index (Phi) is 7.52. The number of ether oxygens (including phenoxy) is 2.